The summed E-state index contributed by atoms with van der Waals surface area (Å²) in [5.41, 5.74) is -0.632. The van der Waals surface area contributed by atoms with Crippen LogP contribution in [0.5, 0.6) is 0 Å². The SMILES string of the molecule is CN(C)CCNCC1(O)CCN(C(=O)C2CC2)CC1. The lowest BCUT2D eigenvalue weighted by atomic mass is 9.91. The maximum Gasteiger partial charge on any atom is 0.225 e. The van der Waals surface area contributed by atoms with Crippen molar-refractivity contribution in [3.63, 3.8) is 0 Å². The van der Waals surface area contributed by atoms with Crippen LogP contribution in [0.25, 0.3) is 0 Å². The van der Waals surface area contributed by atoms with Crippen molar-refractivity contribution in [3.8, 4) is 0 Å². The van der Waals surface area contributed by atoms with E-state index >= 15 is 0 Å². The number of hydrogen-bond donors (Lipinski definition) is 2. The lowest BCUT2D eigenvalue weighted by Crippen LogP contribution is -2.52. The largest absolute Gasteiger partial charge is 0.388 e. The first-order valence-electron chi connectivity index (χ1n) is 7.37. The quantitative estimate of drug-likeness (QED) is 0.661. The van der Waals surface area contributed by atoms with E-state index < -0.39 is 5.60 Å². The van der Waals surface area contributed by atoms with Crippen LogP contribution in [0.15, 0.2) is 0 Å². The van der Waals surface area contributed by atoms with Gasteiger partial charge < -0.3 is 20.2 Å². The minimum atomic E-state index is -0.632. The molecule has 0 aromatic carbocycles. The van der Waals surface area contributed by atoms with Crippen molar-refractivity contribution in [2.45, 2.75) is 31.3 Å². The van der Waals surface area contributed by atoms with Crippen molar-refractivity contribution in [3.05, 3.63) is 0 Å². The molecule has 5 heteroatoms. The van der Waals surface area contributed by atoms with Gasteiger partial charge in [0, 0.05) is 38.6 Å². The Morgan fingerprint density at radius 3 is 2.53 bits per heavy atom. The molecule has 0 atom stereocenters. The second-order valence-electron chi connectivity index (χ2n) is 6.30. The molecule has 1 saturated carbocycles. The predicted molar refractivity (Wildman–Crippen MR) is 74.9 cm³/mol. The highest BCUT2D eigenvalue weighted by Gasteiger charge is 2.38. The zero-order valence-corrected chi connectivity index (χ0v) is 12.2. The molecule has 0 spiro atoms. The molecule has 0 bridgehead atoms. The van der Waals surface area contributed by atoms with E-state index in [4.69, 9.17) is 0 Å². The molecule has 1 heterocycles. The molecular formula is C14H27N3O2. The molecule has 0 radical (unpaired) electrons. The van der Waals surface area contributed by atoms with Crippen molar-refractivity contribution >= 4 is 5.91 Å². The zero-order valence-electron chi connectivity index (χ0n) is 12.2. The Morgan fingerprint density at radius 2 is 2.00 bits per heavy atom. The topological polar surface area (TPSA) is 55.8 Å². The van der Waals surface area contributed by atoms with E-state index in [0.29, 0.717) is 44.3 Å². The first kappa shape index (κ1) is 14.8. The van der Waals surface area contributed by atoms with Crippen LogP contribution in [0.1, 0.15) is 25.7 Å². The molecule has 2 rings (SSSR count). The zero-order chi connectivity index (χ0) is 13.9. The number of nitrogens with one attached hydrogen (secondary N) is 1. The summed E-state index contributed by atoms with van der Waals surface area (Å²) in [6.45, 7) is 3.91. The minimum absolute atomic E-state index is 0.296. The van der Waals surface area contributed by atoms with Gasteiger partial charge in [-0.1, -0.05) is 0 Å². The molecule has 19 heavy (non-hydrogen) atoms. The second-order valence-corrected chi connectivity index (χ2v) is 6.30. The Morgan fingerprint density at radius 1 is 1.37 bits per heavy atom. The Hall–Kier alpha value is -0.650. The summed E-state index contributed by atoms with van der Waals surface area (Å²) >= 11 is 0. The molecule has 5 nitrogen and oxygen atoms in total. The van der Waals surface area contributed by atoms with Crippen molar-refractivity contribution in [1.29, 1.82) is 0 Å². The Labute approximate surface area is 115 Å². The smallest absolute Gasteiger partial charge is 0.225 e. The van der Waals surface area contributed by atoms with Crippen molar-refractivity contribution < 1.29 is 9.90 Å². The number of carbonyl (C=O) groups excluding carboxylic acids is 1. The fraction of sp³-hybridized carbons (Fsp3) is 0.929. The maximum absolute atomic E-state index is 11.9. The first-order valence-corrected chi connectivity index (χ1v) is 7.37. The number of rotatable bonds is 6. The number of nitrogens with zero attached hydrogens (tertiary/aromatic N) is 2. The average molecular weight is 269 g/mol. The van der Waals surface area contributed by atoms with E-state index in [2.05, 4.69) is 10.2 Å². The van der Waals surface area contributed by atoms with Gasteiger partial charge in [-0.3, -0.25) is 4.79 Å². The summed E-state index contributed by atoms with van der Waals surface area (Å²) in [6, 6.07) is 0. The molecule has 2 N–H and O–H groups in total. The highest BCUT2D eigenvalue weighted by atomic mass is 16.3. The lowest BCUT2D eigenvalue weighted by molar-refractivity contribution is -0.136. The molecule has 2 fully saturated rings. The molecule has 1 aliphatic heterocycles. The summed E-state index contributed by atoms with van der Waals surface area (Å²) in [5, 5.41) is 13.8. The predicted octanol–water partition coefficient (Wildman–Crippen LogP) is -0.0989. The second kappa shape index (κ2) is 6.20. The minimum Gasteiger partial charge on any atom is -0.388 e. The van der Waals surface area contributed by atoms with Crippen LogP contribution in [0, 0.1) is 5.92 Å². The van der Waals surface area contributed by atoms with Crippen LogP contribution >= 0.6 is 0 Å². The number of carbonyl (C=O) groups is 1. The number of piperidine rings is 1. The molecule has 110 valence electrons. The van der Waals surface area contributed by atoms with Gasteiger partial charge in [0.25, 0.3) is 0 Å². The van der Waals surface area contributed by atoms with E-state index in [1.165, 1.54) is 0 Å². The number of amides is 1. The van der Waals surface area contributed by atoms with Gasteiger partial charge in [0.1, 0.15) is 0 Å². The third kappa shape index (κ3) is 4.44. The Kier molecular flexibility index (Phi) is 4.81. The highest BCUT2D eigenvalue weighted by Crippen LogP contribution is 2.33. The van der Waals surface area contributed by atoms with Gasteiger partial charge in [-0.05, 0) is 39.8 Å². The van der Waals surface area contributed by atoms with Gasteiger partial charge in [0.15, 0.2) is 0 Å². The van der Waals surface area contributed by atoms with Crippen LogP contribution in [-0.4, -0.2) is 73.2 Å². The first-order chi connectivity index (χ1) is 9.00. The van der Waals surface area contributed by atoms with E-state index in [0.717, 1.165) is 25.9 Å². The van der Waals surface area contributed by atoms with Crippen LogP contribution in [0.4, 0.5) is 0 Å². The van der Waals surface area contributed by atoms with Crippen molar-refractivity contribution in [2.24, 2.45) is 5.92 Å². The lowest BCUT2D eigenvalue weighted by Gasteiger charge is -2.38. The average Bonchev–Trinajstić information content (AvgIpc) is 3.19. The molecule has 0 unspecified atom stereocenters. The van der Waals surface area contributed by atoms with E-state index in [1.807, 2.05) is 19.0 Å². The third-order valence-corrected chi connectivity index (χ3v) is 4.12. The van der Waals surface area contributed by atoms with Crippen molar-refractivity contribution in [2.75, 3.05) is 46.8 Å². The van der Waals surface area contributed by atoms with E-state index in [-0.39, 0.29) is 0 Å². The van der Waals surface area contributed by atoms with Gasteiger partial charge in [-0.15, -0.1) is 0 Å². The third-order valence-electron chi connectivity index (χ3n) is 4.12. The fourth-order valence-electron chi connectivity index (χ4n) is 2.53. The summed E-state index contributed by atoms with van der Waals surface area (Å²) in [4.78, 5) is 16.0. The highest BCUT2D eigenvalue weighted by molar-refractivity contribution is 5.81. The molecular weight excluding hydrogens is 242 g/mol. The van der Waals surface area contributed by atoms with Gasteiger partial charge in [-0.2, -0.15) is 0 Å². The number of hydrogen-bond acceptors (Lipinski definition) is 4. The normalized spacial score (nSPS) is 22.8. The summed E-state index contributed by atoms with van der Waals surface area (Å²) in [7, 11) is 4.08. The molecule has 1 amide bonds. The van der Waals surface area contributed by atoms with Crippen LogP contribution in [-0.2, 0) is 4.79 Å². The van der Waals surface area contributed by atoms with Gasteiger partial charge >= 0.3 is 0 Å². The van der Waals surface area contributed by atoms with Crippen LogP contribution < -0.4 is 5.32 Å². The standard InChI is InChI=1S/C14H27N3O2/c1-16(2)10-7-15-11-14(19)5-8-17(9-6-14)13(18)12-3-4-12/h12,15,19H,3-11H2,1-2H3. The number of likely N-dealkylation sites (tertiary alicyclic amines) is 1. The summed E-state index contributed by atoms with van der Waals surface area (Å²) < 4.78 is 0. The summed E-state index contributed by atoms with van der Waals surface area (Å²) in [6.07, 6.45) is 3.51. The molecule has 1 saturated heterocycles. The fourth-order valence-corrected chi connectivity index (χ4v) is 2.53. The van der Waals surface area contributed by atoms with Crippen molar-refractivity contribution in [1.82, 2.24) is 15.1 Å². The summed E-state index contributed by atoms with van der Waals surface area (Å²) in [5.74, 6) is 0.604. The van der Waals surface area contributed by atoms with Gasteiger partial charge in [0.2, 0.25) is 5.91 Å². The number of likely N-dealkylation sites (N-methyl/N-ethyl adjacent to an activating group) is 1. The monoisotopic (exact) mass is 269 g/mol. The molecule has 1 aliphatic carbocycles. The molecule has 0 aromatic rings. The molecule has 0 aromatic heterocycles. The molecule has 2 aliphatic rings. The van der Waals surface area contributed by atoms with Gasteiger partial charge in [0.05, 0.1) is 5.60 Å². The maximum atomic E-state index is 11.9. The van der Waals surface area contributed by atoms with E-state index in [1.54, 1.807) is 0 Å². The Bertz CT molecular complexity index is 308. The van der Waals surface area contributed by atoms with Gasteiger partial charge in [-0.25, -0.2) is 0 Å². The van der Waals surface area contributed by atoms with Crippen LogP contribution in [0.2, 0.25) is 0 Å². The van der Waals surface area contributed by atoms with Crippen LogP contribution in [0.3, 0.4) is 0 Å². The number of aliphatic hydroxyl groups is 1. The Balaban J connectivity index is 1.67. The van der Waals surface area contributed by atoms with E-state index in [9.17, 15) is 9.90 Å².